The number of nitrogens with one attached hydrogen (secondary N) is 1. The fourth-order valence-electron chi connectivity index (χ4n) is 1.56. The Bertz CT molecular complexity index is 439. The zero-order valence-corrected chi connectivity index (χ0v) is 9.93. The molecule has 0 aliphatic heterocycles. The van der Waals surface area contributed by atoms with Crippen LogP contribution in [0, 0.1) is 5.82 Å². The van der Waals surface area contributed by atoms with Gasteiger partial charge in [-0.2, -0.15) is 11.3 Å². The number of hydrogen-bond acceptors (Lipinski definition) is 2. The lowest BCUT2D eigenvalue weighted by atomic mass is 10.1. The van der Waals surface area contributed by atoms with Crippen LogP contribution in [0.1, 0.15) is 24.1 Å². The van der Waals surface area contributed by atoms with Gasteiger partial charge in [0.2, 0.25) is 0 Å². The van der Waals surface area contributed by atoms with Crippen molar-refractivity contribution in [1.82, 2.24) is 5.32 Å². The summed E-state index contributed by atoms with van der Waals surface area (Å²) >= 11 is 1.69. The highest BCUT2D eigenvalue weighted by atomic mass is 32.1. The maximum Gasteiger partial charge on any atom is 0.123 e. The van der Waals surface area contributed by atoms with Crippen LogP contribution in [0.3, 0.4) is 0 Å². The molecular weight excluding hydrogens is 221 g/mol. The molecule has 1 aromatic heterocycles. The average Bonchev–Trinajstić information content (AvgIpc) is 2.78. The third-order valence-corrected chi connectivity index (χ3v) is 3.27. The standard InChI is InChI=1S/C13H14FNS/c1-10(12-3-2-4-13(14)7-12)15-8-11-5-6-16-9-11/h2-7,9-10,15H,8H2,1H3/t10-/m0/s1. The Morgan fingerprint density at radius 2 is 2.25 bits per heavy atom. The SMILES string of the molecule is C[C@H](NCc1ccsc1)c1cccc(F)c1. The van der Waals surface area contributed by atoms with Gasteiger partial charge < -0.3 is 5.32 Å². The summed E-state index contributed by atoms with van der Waals surface area (Å²) in [6.07, 6.45) is 0. The van der Waals surface area contributed by atoms with E-state index in [1.807, 2.05) is 13.0 Å². The van der Waals surface area contributed by atoms with Gasteiger partial charge in [-0.05, 0) is 47.0 Å². The summed E-state index contributed by atoms with van der Waals surface area (Å²) in [5, 5.41) is 7.54. The van der Waals surface area contributed by atoms with Crippen molar-refractivity contribution in [3.63, 3.8) is 0 Å². The molecule has 16 heavy (non-hydrogen) atoms. The summed E-state index contributed by atoms with van der Waals surface area (Å²) < 4.78 is 13.0. The minimum atomic E-state index is -0.179. The third-order valence-electron chi connectivity index (χ3n) is 2.54. The molecule has 0 amide bonds. The zero-order valence-electron chi connectivity index (χ0n) is 9.11. The van der Waals surface area contributed by atoms with E-state index in [1.54, 1.807) is 23.5 Å². The van der Waals surface area contributed by atoms with Gasteiger partial charge in [-0.15, -0.1) is 0 Å². The van der Waals surface area contributed by atoms with E-state index in [4.69, 9.17) is 0 Å². The molecule has 0 spiro atoms. The molecule has 1 atom stereocenters. The van der Waals surface area contributed by atoms with Crippen LogP contribution in [-0.4, -0.2) is 0 Å². The Hall–Kier alpha value is -1.19. The van der Waals surface area contributed by atoms with Gasteiger partial charge in [0.15, 0.2) is 0 Å². The van der Waals surface area contributed by atoms with Crippen LogP contribution < -0.4 is 5.32 Å². The van der Waals surface area contributed by atoms with Gasteiger partial charge in [0.25, 0.3) is 0 Å². The number of benzene rings is 1. The van der Waals surface area contributed by atoms with Crippen LogP contribution in [0.5, 0.6) is 0 Å². The maximum absolute atomic E-state index is 13.0. The molecule has 3 heteroatoms. The molecule has 0 saturated heterocycles. The molecule has 0 aliphatic rings. The molecule has 2 rings (SSSR count). The van der Waals surface area contributed by atoms with Crippen LogP contribution in [0.25, 0.3) is 0 Å². The number of hydrogen-bond donors (Lipinski definition) is 1. The molecule has 1 aromatic carbocycles. The van der Waals surface area contributed by atoms with Crippen molar-refractivity contribution in [2.24, 2.45) is 0 Å². The van der Waals surface area contributed by atoms with Crippen molar-refractivity contribution in [3.05, 3.63) is 58.0 Å². The maximum atomic E-state index is 13.0. The van der Waals surface area contributed by atoms with Crippen molar-refractivity contribution in [3.8, 4) is 0 Å². The van der Waals surface area contributed by atoms with Gasteiger partial charge in [0, 0.05) is 12.6 Å². The molecule has 1 N–H and O–H groups in total. The molecular formula is C13H14FNS. The second-order valence-corrected chi connectivity index (χ2v) is 4.57. The van der Waals surface area contributed by atoms with E-state index in [-0.39, 0.29) is 11.9 Å². The van der Waals surface area contributed by atoms with E-state index in [9.17, 15) is 4.39 Å². The fraction of sp³-hybridized carbons (Fsp3) is 0.231. The zero-order chi connectivity index (χ0) is 11.4. The van der Waals surface area contributed by atoms with Crippen molar-refractivity contribution >= 4 is 11.3 Å². The molecule has 0 fully saturated rings. The Kier molecular flexibility index (Phi) is 3.70. The molecule has 84 valence electrons. The highest BCUT2D eigenvalue weighted by Crippen LogP contribution is 2.14. The summed E-state index contributed by atoms with van der Waals surface area (Å²) in [6.45, 7) is 2.86. The highest BCUT2D eigenvalue weighted by molar-refractivity contribution is 7.07. The lowest BCUT2D eigenvalue weighted by molar-refractivity contribution is 0.565. The monoisotopic (exact) mass is 235 g/mol. The first-order valence-corrected chi connectivity index (χ1v) is 6.20. The van der Waals surface area contributed by atoms with Crippen LogP contribution in [0.4, 0.5) is 4.39 Å². The predicted molar refractivity (Wildman–Crippen MR) is 66.0 cm³/mol. The van der Waals surface area contributed by atoms with Gasteiger partial charge in [0.1, 0.15) is 5.82 Å². The van der Waals surface area contributed by atoms with Crippen LogP contribution in [-0.2, 0) is 6.54 Å². The van der Waals surface area contributed by atoms with Crippen molar-refractivity contribution in [1.29, 1.82) is 0 Å². The molecule has 0 aliphatic carbocycles. The van der Waals surface area contributed by atoms with Gasteiger partial charge >= 0.3 is 0 Å². The first-order chi connectivity index (χ1) is 7.75. The number of halogens is 1. The smallest absolute Gasteiger partial charge is 0.123 e. The van der Waals surface area contributed by atoms with Crippen LogP contribution >= 0.6 is 11.3 Å². The molecule has 0 radical (unpaired) electrons. The van der Waals surface area contributed by atoms with Crippen LogP contribution in [0.15, 0.2) is 41.1 Å². The molecule has 0 saturated carbocycles. The van der Waals surface area contributed by atoms with E-state index in [0.29, 0.717) is 0 Å². The van der Waals surface area contributed by atoms with Crippen molar-refractivity contribution in [2.45, 2.75) is 19.5 Å². The highest BCUT2D eigenvalue weighted by Gasteiger charge is 2.05. The van der Waals surface area contributed by atoms with E-state index in [0.717, 1.165) is 12.1 Å². The van der Waals surface area contributed by atoms with Crippen LogP contribution in [0.2, 0.25) is 0 Å². The lowest BCUT2D eigenvalue weighted by Crippen LogP contribution is -2.17. The Morgan fingerprint density at radius 1 is 1.38 bits per heavy atom. The minimum Gasteiger partial charge on any atom is -0.306 e. The second kappa shape index (κ2) is 5.23. The fourth-order valence-corrected chi connectivity index (χ4v) is 2.23. The lowest BCUT2D eigenvalue weighted by Gasteiger charge is -2.13. The first kappa shape index (κ1) is 11.3. The Labute approximate surface area is 98.9 Å². The Balaban J connectivity index is 1.95. The molecule has 0 unspecified atom stereocenters. The third kappa shape index (κ3) is 2.90. The summed E-state index contributed by atoms with van der Waals surface area (Å²) in [4.78, 5) is 0. The minimum absolute atomic E-state index is 0.163. The normalized spacial score (nSPS) is 12.6. The molecule has 1 heterocycles. The summed E-state index contributed by atoms with van der Waals surface area (Å²) in [6, 6.07) is 8.98. The topological polar surface area (TPSA) is 12.0 Å². The summed E-state index contributed by atoms with van der Waals surface area (Å²) in [5.74, 6) is -0.179. The number of rotatable bonds is 4. The van der Waals surface area contributed by atoms with E-state index < -0.39 is 0 Å². The van der Waals surface area contributed by atoms with E-state index in [2.05, 4.69) is 22.1 Å². The molecule has 1 nitrogen and oxygen atoms in total. The first-order valence-electron chi connectivity index (χ1n) is 5.25. The van der Waals surface area contributed by atoms with E-state index in [1.165, 1.54) is 11.6 Å². The molecule has 2 aromatic rings. The number of thiophene rings is 1. The van der Waals surface area contributed by atoms with Gasteiger partial charge in [-0.25, -0.2) is 4.39 Å². The average molecular weight is 235 g/mol. The van der Waals surface area contributed by atoms with Gasteiger partial charge in [0.05, 0.1) is 0 Å². The Morgan fingerprint density at radius 3 is 2.94 bits per heavy atom. The van der Waals surface area contributed by atoms with Crippen molar-refractivity contribution < 1.29 is 4.39 Å². The van der Waals surface area contributed by atoms with Gasteiger partial charge in [-0.3, -0.25) is 0 Å². The largest absolute Gasteiger partial charge is 0.306 e. The molecule has 0 bridgehead atoms. The summed E-state index contributed by atoms with van der Waals surface area (Å²) in [5.41, 5.74) is 2.25. The van der Waals surface area contributed by atoms with E-state index >= 15 is 0 Å². The summed E-state index contributed by atoms with van der Waals surface area (Å²) in [7, 11) is 0. The predicted octanol–water partition coefficient (Wildman–Crippen LogP) is 3.74. The second-order valence-electron chi connectivity index (χ2n) is 3.79. The quantitative estimate of drug-likeness (QED) is 0.851. The van der Waals surface area contributed by atoms with Gasteiger partial charge in [-0.1, -0.05) is 12.1 Å². The van der Waals surface area contributed by atoms with Crippen molar-refractivity contribution in [2.75, 3.05) is 0 Å².